The summed E-state index contributed by atoms with van der Waals surface area (Å²) in [5.74, 6) is -0.245. The molecule has 1 atom stereocenters. The van der Waals surface area contributed by atoms with Gasteiger partial charge in [-0.1, -0.05) is 48.5 Å². The van der Waals surface area contributed by atoms with Gasteiger partial charge in [0.15, 0.2) is 4.96 Å². The third-order valence-electron chi connectivity index (χ3n) is 5.48. The summed E-state index contributed by atoms with van der Waals surface area (Å²) in [6.07, 6.45) is 2.23. The second kappa shape index (κ2) is 9.36. The van der Waals surface area contributed by atoms with Crippen molar-refractivity contribution in [2.75, 3.05) is 7.05 Å². The van der Waals surface area contributed by atoms with Gasteiger partial charge in [-0.15, -0.1) is 11.3 Å². The van der Waals surface area contributed by atoms with Gasteiger partial charge in [0.2, 0.25) is 5.91 Å². The summed E-state index contributed by atoms with van der Waals surface area (Å²) in [4.78, 5) is 34.4. The molecule has 2 aromatic heterocycles. The molecule has 1 N–H and O–H groups in total. The quantitative estimate of drug-likeness (QED) is 0.453. The number of benzene rings is 2. The van der Waals surface area contributed by atoms with Crippen molar-refractivity contribution in [2.45, 2.75) is 32.9 Å². The maximum absolute atomic E-state index is 13.2. The van der Waals surface area contributed by atoms with Gasteiger partial charge in [-0.3, -0.25) is 14.0 Å². The van der Waals surface area contributed by atoms with Crippen LogP contribution in [0, 0.1) is 13.8 Å². The molecular weight excluding hydrogens is 420 g/mol. The molecule has 0 bridgehead atoms. The van der Waals surface area contributed by atoms with Crippen molar-refractivity contribution in [2.24, 2.45) is 0 Å². The summed E-state index contributed by atoms with van der Waals surface area (Å²) < 4.78 is 2.06. The van der Waals surface area contributed by atoms with Gasteiger partial charge in [-0.2, -0.15) is 0 Å². The van der Waals surface area contributed by atoms with E-state index in [4.69, 9.17) is 0 Å². The first-order valence-corrected chi connectivity index (χ1v) is 11.3. The van der Waals surface area contributed by atoms with Crippen LogP contribution < -0.4 is 5.32 Å². The molecule has 32 heavy (non-hydrogen) atoms. The zero-order valence-corrected chi connectivity index (χ0v) is 19.2. The van der Waals surface area contributed by atoms with E-state index in [2.05, 4.69) is 20.9 Å². The van der Waals surface area contributed by atoms with E-state index >= 15 is 0 Å². The lowest BCUT2D eigenvalue weighted by atomic mass is 10.0. The van der Waals surface area contributed by atoms with Gasteiger partial charge in [-0.25, -0.2) is 4.98 Å². The van der Waals surface area contributed by atoms with Crippen LogP contribution in [0.4, 0.5) is 0 Å². The van der Waals surface area contributed by atoms with Gasteiger partial charge in [0.1, 0.15) is 0 Å². The number of carbonyl (C=O) groups is 2. The first-order chi connectivity index (χ1) is 15.4. The molecule has 0 saturated heterocycles. The van der Waals surface area contributed by atoms with E-state index in [1.54, 1.807) is 35.4 Å². The molecule has 7 heteroatoms. The van der Waals surface area contributed by atoms with E-state index in [1.165, 1.54) is 4.88 Å². The fourth-order valence-corrected chi connectivity index (χ4v) is 4.60. The van der Waals surface area contributed by atoms with Crippen molar-refractivity contribution < 1.29 is 9.59 Å². The number of carbonyl (C=O) groups excluding carboxylic acids is 2. The minimum atomic E-state index is -0.422. The molecule has 164 valence electrons. The van der Waals surface area contributed by atoms with Gasteiger partial charge in [0.05, 0.1) is 30.4 Å². The maximum Gasteiger partial charge on any atom is 0.251 e. The average molecular weight is 447 g/mol. The number of thiazole rings is 1. The number of hydrogen-bond acceptors (Lipinski definition) is 4. The van der Waals surface area contributed by atoms with Crippen LogP contribution in [0.3, 0.4) is 0 Å². The van der Waals surface area contributed by atoms with Gasteiger partial charge in [0.25, 0.3) is 5.91 Å². The Kier molecular flexibility index (Phi) is 6.37. The van der Waals surface area contributed by atoms with Crippen LogP contribution in [0.15, 0.2) is 66.9 Å². The lowest BCUT2D eigenvalue weighted by Crippen LogP contribution is -2.34. The molecule has 6 nitrogen and oxygen atoms in total. The normalized spacial score (nSPS) is 12.0. The second-order valence-corrected chi connectivity index (χ2v) is 9.11. The number of rotatable bonds is 7. The first kappa shape index (κ1) is 21.8. The van der Waals surface area contributed by atoms with Gasteiger partial charge in [0, 0.05) is 23.7 Å². The Hall–Kier alpha value is -3.45. The monoisotopic (exact) mass is 446 g/mol. The largest absolute Gasteiger partial charge is 0.345 e. The highest BCUT2D eigenvalue weighted by Gasteiger charge is 2.22. The Bertz CT molecular complexity index is 1230. The first-order valence-electron chi connectivity index (χ1n) is 10.5. The van der Waals surface area contributed by atoms with Crippen LogP contribution in [0.25, 0.3) is 4.96 Å². The zero-order valence-electron chi connectivity index (χ0n) is 18.4. The topological polar surface area (TPSA) is 66.7 Å². The van der Waals surface area contributed by atoms with E-state index in [0.29, 0.717) is 12.1 Å². The fourth-order valence-electron chi connectivity index (χ4n) is 3.71. The Morgan fingerprint density at radius 2 is 1.72 bits per heavy atom. The fraction of sp³-hybridized carbons (Fsp3) is 0.240. The highest BCUT2D eigenvalue weighted by atomic mass is 32.1. The highest BCUT2D eigenvalue weighted by Crippen LogP contribution is 2.23. The molecule has 2 heterocycles. The summed E-state index contributed by atoms with van der Waals surface area (Å²) >= 11 is 1.64. The van der Waals surface area contributed by atoms with Gasteiger partial charge < -0.3 is 10.2 Å². The Labute approximate surface area is 191 Å². The van der Waals surface area contributed by atoms with Crippen molar-refractivity contribution in [3.8, 4) is 0 Å². The molecule has 0 saturated carbocycles. The summed E-state index contributed by atoms with van der Waals surface area (Å²) in [5, 5.41) is 3.04. The van der Waals surface area contributed by atoms with E-state index in [1.807, 2.05) is 62.4 Å². The predicted octanol–water partition coefficient (Wildman–Crippen LogP) is 4.53. The summed E-state index contributed by atoms with van der Waals surface area (Å²) in [6.45, 7) is 4.47. The Balaban J connectivity index is 1.51. The Morgan fingerprint density at radius 3 is 2.41 bits per heavy atom. The van der Waals surface area contributed by atoms with Crippen molar-refractivity contribution in [1.29, 1.82) is 0 Å². The number of hydrogen-bond donors (Lipinski definition) is 1. The third kappa shape index (κ3) is 4.73. The van der Waals surface area contributed by atoms with E-state index in [9.17, 15) is 9.59 Å². The third-order valence-corrected chi connectivity index (χ3v) is 6.37. The number of amides is 2. The number of imidazole rings is 1. The van der Waals surface area contributed by atoms with Crippen molar-refractivity contribution >= 4 is 28.1 Å². The summed E-state index contributed by atoms with van der Waals surface area (Å²) in [6, 6.07) is 18.2. The second-order valence-electron chi connectivity index (χ2n) is 7.89. The zero-order chi connectivity index (χ0) is 22.7. The minimum Gasteiger partial charge on any atom is -0.345 e. The Morgan fingerprint density at radius 1 is 1.06 bits per heavy atom. The lowest BCUT2D eigenvalue weighted by Gasteiger charge is -2.23. The number of nitrogens with one attached hydrogen (secondary N) is 1. The maximum atomic E-state index is 13.2. The number of aryl methyl sites for hydroxylation is 2. The van der Waals surface area contributed by atoms with Crippen molar-refractivity contribution in [1.82, 2.24) is 19.6 Å². The van der Waals surface area contributed by atoms with E-state index in [-0.39, 0.29) is 18.2 Å². The summed E-state index contributed by atoms with van der Waals surface area (Å²) in [5.41, 5.74) is 3.40. The number of nitrogens with zero attached hydrogens (tertiary/aromatic N) is 3. The van der Waals surface area contributed by atoms with Gasteiger partial charge >= 0.3 is 0 Å². The van der Waals surface area contributed by atoms with Crippen LogP contribution in [-0.2, 0) is 11.3 Å². The standard InChI is InChI=1S/C25H26N4O2S/c1-17-15-29-22(18(2)26-25(29)32-17)16-28(3)23(30)14-21(19-10-6-4-7-11-19)27-24(31)20-12-8-5-9-13-20/h4-13,15,21H,14,16H2,1-3H3,(H,27,31). The average Bonchev–Trinajstić information content (AvgIpc) is 3.29. The van der Waals surface area contributed by atoms with E-state index in [0.717, 1.165) is 21.9 Å². The molecule has 4 rings (SSSR count). The molecular formula is C25H26N4O2S. The van der Waals surface area contributed by atoms with Crippen LogP contribution >= 0.6 is 11.3 Å². The summed E-state index contributed by atoms with van der Waals surface area (Å²) in [7, 11) is 1.79. The SMILES string of the molecule is Cc1cn2c(CN(C)C(=O)CC(NC(=O)c3ccccc3)c3ccccc3)c(C)nc2s1. The number of fused-ring (bicyclic) bond motifs is 1. The molecule has 0 aliphatic carbocycles. The molecule has 4 aromatic rings. The van der Waals surface area contributed by atoms with Crippen LogP contribution in [0.5, 0.6) is 0 Å². The predicted molar refractivity (Wildman–Crippen MR) is 127 cm³/mol. The molecule has 1 unspecified atom stereocenters. The van der Waals surface area contributed by atoms with Crippen molar-refractivity contribution in [3.05, 3.63) is 94.3 Å². The highest BCUT2D eigenvalue weighted by molar-refractivity contribution is 7.17. The molecule has 2 aromatic carbocycles. The van der Waals surface area contributed by atoms with Crippen LogP contribution in [-0.4, -0.2) is 33.1 Å². The molecule has 2 amide bonds. The molecule has 0 spiro atoms. The lowest BCUT2D eigenvalue weighted by molar-refractivity contribution is -0.131. The number of aromatic nitrogens is 2. The smallest absolute Gasteiger partial charge is 0.251 e. The molecule has 0 aliphatic heterocycles. The van der Waals surface area contributed by atoms with Crippen molar-refractivity contribution in [3.63, 3.8) is 0 Å². The van der Waals surface area contributed by atoms with Gasteiger partial charge in [-0.05, 0) is 31.5 Å². The minimum absolute atomic E-state index is 0.0477. The van der Waals surface area contributed by atoms with E-state index < -0.39 is 6.04 Å². The molecule has 0 fully saturated rings. The molecule has 0 aliphatic rings. The van der Waals surface area contributed by atoms with Crippen LogP contribution in [0.1, 0.15) is 44.6 Å². The van der Waals surface area contributed by atoms with Crippen LogP contribution in [0.2, 0.25) is 0 Å². The molecule has 0 radical (unpaired) electrons.